The van der Waals surface area contributed by atoms with Crippen molar-refractivity contribution in [3.8, 4) is 0 Å². The number of halogens is 4. The van der Waals surface area contributed by atoms with Crippen LogP contribution >= 0.6 is 0 Å². The van der Waals surface area contributed by atoms with E-state index in [0.29, 0.717) is 11.5 Å². The van der Waals surface area contributed by atoms with Crippen LogP contribution in [0.2, 0.25) is 0 Å². The lowest BCUT2D eigenvalue weighted by atomic mass is 10.1. The molecule has 0 fully saturated rings. The molecule has 0 aliphatic carbocycles. The molecule has 20 heavy (non-hydrogen) atoms. The lowest BCUT2D eigenvalue weighted by molar-refractivity contribution is -0.140. The van der Waals surface area contributed by atoms with Gasteiger partial charge in [0, 0.05) is 0 Å². The molecule has 1 nitrogen and oxygen atoms in total. The molecule has 1 N–H and O–H groups in total. The van der Waals surface area contributed by atoms with E-state index < -0.39 is 17.6 Å². The maximum atomic E-state index is 13.3. The molecule has 0 unspecified atom stereocenters. The Kier molecular flexibility index (Phi) is 6.20. The van der Waals surface area contributed by atoms with Crippen LogP contribution in [-0.4, -0.2) is 13.1 Å². The van der Waals surface area contributed by atoms with Crippen LogP contribution < -0.4 is 5.32 Å². The summed E-state index contributed by atoms with van der Waals surface area (Å²) >= 11 is 0. The highest BCUT2D eigenvalue weighted by atomic mass is 19.4. The van der Waals surface area contributed by atoms with E-state index in [1.165, 1.54) is 6.07 Å². The molecule has 0 amide bonds. The Morgan fingerprint density at radius 2 is 1.95 bits per heavy atom. The molecule has 0 saturated carbocycles. The van der Waals surface area contributed by atoms with E-state index in [-0.39, 0.29) is 0 Å². The Balaban J connectivity index is 2.51. The molecule has 1 aromatic carbocycles. The average molecular weight is 289 g/mol. The van der Waals surface area contributed by atoms with Gasteiger partial charge in [-0.15, -0.1) is 0 Å². The monoisotopic (exact) mass is 289 g/mol. The molecule has 112 valence electrons. The van der Waals surface area contributed by atoms with Gasteiger partial charge in [0.25, 0.3) is 0 Å². The summed E-state index contributed by atoms with van der Waals surface area (Å²) in [6.07, 6.45) is -0.460. The first-order valence-corrected chi connectivity index (χ1v) is 6.54. The van der Waals surface area contributed by atoms with Crippen molar-refractivity contribution in [2.45, 2.75) is 26.4 Å². The van der Waals surface area contributed by atoms with Gasteiger partial charge in [-0.2, -0.15) is 13.2 Å². The lowest BCUT2D eigenvalue weighted by Crippen LogP contribution is -2.20. The predicted octanol–water partition coefficient (Wildman–Crippen LogP) is 4.49. The van der Waals surface area contributed by atoms with Gasteiger partial charge in [0.15, 0.2) is 0 Å². The van der Waals surface area contributed by atoms with Crippen LogP contribution in [0.4, 0.5) is 17.6 Å². The predicted molar refractivity (Wildman–Crippen MR) is 72.8 cm³/mol. The summed E-state index contributed by atoms with van der Waals surface area (Å²) in [5.74, 6) is -0.666. The van der Waals surface area contributed by atoms with Crippen molar-refractivity contribution in [1.82, 2.24) is 5.32 Å². The van der Waals surface area contributed by atoms with Gasteiger partial charge in [0.1, 0.15) is 5.82 Å². The lowest BCUT2D eigenvalue weighted by Gasteiger charge is -2.08. The summed E-state index contributed by atoms with van der Waals surface area (Å²) in [5.41, 5.74) is -0.799. The molecular formula is C15H19F4N. The van der Waals surface area contributed by atoms with E-state index >= 15 is 0 Å². The second-order valence-electron chi connectivity index (χ2n) is 5.03. The standard InChI is InChI=1S/C15H19F4N/c1-11(2)10-20-8-4-3-5-12-6-7-13(14(16)9-12)15(17,18)19/h3,5-7,9,11,20H,4,8,10H2,1-2H3/b5-3+. The Hall–Kier alpha value is -1.36. The Morgan fingerprint density at radius 3 is 2.50 bits per heavy atom. The third kappa shape index (κ3) is 5.74. The molecule has 1 aromatic rings. The van der Waals surface area contributed by atoms with Crippen LogP contribution in [0.15, 0.2) is 24.3 Å². The minimum atomic E-state index is -4.65. The fraction of sp³-hybridized carbons (Fsp3) is 0.467. The molecule has 0 aliphatic rings. The zero-order valence-corrected chi connectivity index (χ0v) is 11.6. The van der Waals surface area contributed by atoms with Gasteiger partial charge in [-0.25, -0.2) is 4.39 Å². The largest absolute Gasteiger partial charge is 0.419 e. The first-order valence-electron chi connectivity index (χ1n) is 6.54. The van der Waals surface area contributed by atoms with Crippen LogP contribution in [0, 0.1) is 11.7 Å². The molecule has 0 heterocycles. The summed E-state index contributed by atoms with van der Waals surface area (Å²) in [6, 6.07) is 2.94. The Labute approximate surface area is 116 Å². The second-order valence-corrected chi connectivity index (χ2v) is 5.03. The number of hydrogen-bond donors (Lipinski definition) is 1. The summed E-state index contributed by atoms with van der Waals surface area (Å²) < 4.78 is 50.4. The van der Waals surface area contributed by atoms with Crippen LogP contribution in [0.5, 0.6) is 0 Å². The number of alkyl halides is 3. The third-order valence-electron chi connectivity index (χ3n) is 2.65. The van der Waals surface area contributed by atoms with Gasteiger partial charge >= 0.3 is 6.18 Å². The first kappa shape index (κ1) is 16.7. The molecule has 0 aliphatic heterocycles. The normalized spacial score (nSPS) is 12.6. The smallest absolute Gasteiger partial charge is 0.316 e. The van der Waals surface area contributed by atoms with Crippen molar-refractivity contribution in [3.05, 3.63) is 41.2 Å². The molecule has 0 saturated heterocycles. The molecule has 0 atom stereocenters. The van der Waals surface area contributed by atoms with Gasteiger partial charge in [-0.1, -0.05) is 32.1 Å². The third-order valence-corrected chi connectivity index (χ3v) is 2.65. The fourth-order valence-electron chi connectivity index (χ4n) is 1.66. The van der Waals surface area contributed by atoms with Gasteiger partial charge in [-0.05, 0) is 43.1 Å². The van der Waals surface area contributed by atoms with Gasteiger partial charge in [0.05, 0.1) is 5.56 Å². The summed E-state index contributed by atoms with van der Waals surface area (Å²) in [6.45, 7) is 5.92. The van der Waals surface area contributed by atoms with Crippen LogP contribution in [-0.2, 0) is 6.18 Å². The summed E-state index contributed by atoms with van der Waals surface area (Å²) in [4.78, 5) is 0. The molecule has 0 bridgehead atoms. The minimum Gasteiger partial charge on any atom is -0.316 e. The quantitative estimate of drug-likeness (QED) is 0.601. The minimum absolute atomic E-state index is 0.430. The number of benzene rings is 1. The first-order chi connectivity index (χ1) is 9.30. The molecule has 5 heteroatoms. The highest BCUT2D eigenvalue weighted by molar-refractivity contribution is 5.50. The highest BCUT2D eigenvalue weighted by Crippen LogP contribution is 2.31. The maximum Gasteiger partial charge on any atom is 0.419 e. The summed E-state index contributed by atoms with van der Waals surface area (Å²) in [5, 5.41) is 3.24. The van der Waals surface area contributed by atoms with E-state index in [2.05, 4.69) is 19.2 Å². The number of rotatable bonds is 6. The zero-order valence-electron chi connectivity index (χ0n) is 11.6. The molecule has 0 aromatic heterocycles. The highest BCUT2D eigenvalue weighted by Gasteiger charge is 2.33. The maximum absolute atomic E-state index is 13.3. The van der Waals surface area contributed by atoms with Crippen molar-refractivity contribution in [2.24, 2.45) is 5.92 Å². The van der Waals surface area contributed by atoms with Crippen molar-refractivity contribution < 1.29 is 17.6 Å². The van der Waals surface area contributed by atoms with E-state index in [0.717, 1.165) is 31.6 Å². The molecule has 0 spiro atoms. The van der Waals surface area contributed by atoms with Crippen molar-refractivity contribution in [2.75, 3.05) is 13.1 Å². The zero-order chi connectivity index (χ0) is 15.2. The van der Waals surface area contributed by atoms with Gasteiger partial charge in [0.2, 0.25) is 0 Å². The Bertz CT molecular complexity index is 450. The molecule has 1 rings (SSSR count). The van der Waals surface area contributed by atoms with Crippen molar-refractivity contribution >= 4 is 6.08 Å². The van der Waals surface area contributed by atoms with Crippen LogP contribution in [0.1, 0.15) is 31.4 Å². The second kappa shape index (κ2) is 7.43. The fourth-order valence-corrected chi connectivity index (χ4v) is 1.66. The van der Waals surface area contributed by atoms with Crippen molar-refractivity contribution in [1.29, 1.82) is 0 Å². The SMILES string of the molecule is CC(C)CNCC/C=C/c1ccc(C(F)(F)F)c(F)c1. The topological polar surface area (TPSA) is 12.0 Å². The van der Waals surface area contributed by atoms with Crippen LogP contribution in [0.25, 0.3) is 6.08 Å². The van der Waals surface area contributed by atoms with Gasteiger partial charge in [-0.3, -0.25) is 0 Å². The Morgan fingerprint density at radius 1 is 1.25 bits per heavy atom. The van der Waals surface area contributed by atoms with E-state index in [1.807, 2.05) is 6.08 Å². The van der Waals surface area contributed by atoms with Crippen LogP contribution in [0.3, 0.4) is 0 Å². The molecule has 0 radical (unpaired) electrons. The van der Waals surface area contributed by atoms with Crippen molar-refractivity contribution in [3.63, 3.8) is 0 Å². The molecular weight excluding hydrogens is 270 g/mol. The van der Waals surface area contributed by atoms with E-state index in [9.17, 15) is 17.6 Å². The summed E-state index contributed by atoms with van der Waals surface area (Å²) in [7, 11) is 0. The van der Waals surface area contributed by atoms with E-state index in [4.69, 9.17) is 0 Å². The number of nitrogens with one attached hydrogen (secondary N) is 1. The average Bonchev–Trinajstić information content (AvgIpc) is 2.31. The van der Waals surface area contributed by atoms with Gasteiger partial charge < -0.3 is 5.32 Å². The number of hydrogen-bond acceptors (Lipinski definition) is 1. The van der Waals surface area contributed by atoms with E-state index in [1.54, 1.807) is 6.08 Å².